The molecule has 0 saturated heterocycles. The zero-order chi connectivity index (χ0) is 16.7. The minimum Gasteiger partial charge on any atom is -0.469 e. The molecule has 0 atom stereocenters. The van der Waals surface area contributed by atoms with Crippen molar-refractivity contribution in [2.24, 2.45) is 5.16 Å². The standard InChI is InChI=1S/C18H19NO4/c1-13-7-4-5-9-16(13)23-17-10-6-8-14(11-18(20)21-2)15(17)12-19-22-3/h4-10,12H,11H2,1-3H3/b19-12+. The molecular weight excluding hydrogens is 294 g/mol. The zero-order valence-corrected chi connectivity index (χ0v) is 13.4. The second kappa shape index (κ2) is 7.98. The van der Waals surface area contributed by atoms with Crippen molar-refractivity contribution < 1.29 is 19.1 Å². The molecule has 0 saturated carbocycles. The summed E-state index contributed by atoms with van der Waals surface area (Å²) in [5, 5.41) is 3.80. The molecule has 0 unspecified atom stereocenters. The molecule has 2 aromatic carbocycles. The molecule has 2 rings (SSSR count). The van der Waals surface area contributed by atoms with Crippen LogP contribution in [-0.2, 0) is 20.8 Å². The molecule has 0 heterocycles. The van der Waals surface area contributed by atoms with Crippen molar-refractivity contribution in [3.63, 3.8) is 0 Å². The van der Waals surface area contributed by atoms with Crippen LogP contribution >= 0.6 is 0 Å². The van der Waals surface area contributed by atoms with E-state index in [4.69, 9.17) is 14.3 Å². The van der Waals surface area contributed by atoms with Gasteiger partial charge in [-0.05, 0) is 30.2 Å². The maximum atomic E-state index is 11.6. The summed E-state index contributed by atoms with van der Waals surface area (Å²) in [6, 6.07) is 13.2. The Morgan fingerprint density at radius 2 is 1.83 bits per heavy atom. The first-order valence-electron chi connectivity index (χ1n) is 7.14. The van der Waals surface area contributed by atoms with E-state index in [1.165, 1.54) is 20.4 Å². The van der Waals surface area contributed by atoms with Crippen LogP contribution in [0.1, 0.15) is 16.7 Å². The Morgan fingerprint density at radius 1 is 1.09 bits per heavy atom. The lowest BCUT2D eigenvalue weighted by Gasteiger charge is -2.13. The van der Waals surface area contributed by atoms with Crippen molar-refractivity contribution in [1.82, 2.24) is 0 Å². The molecule has 0 aliphatic heterocycles. The van der Waals surface area contributed by atoms with Crippen LogP contribution in [0.4, 0.5) is 0 Å². The molecule has 0 aromatic heterocycles. The van der Waals surface area contributed by atoms with Gasteiger partial charge >= 0.3 is 5.97 Å². The van der Waals surface area contributed by atoms with Crippen LogP contribution in [0.3, 0.4) is 0 Å². The van der Waals surface area contributed by atoms with Gasteiger partial charge in [-0.3, -0.25) is 4.79 Å². The number of aryl methyl sites for hydroxylation is 1. The van der Waals surface area contributed by atoms with Gasteiger partial charge in [-0.25, -0.2) is 0 Å². The summed E-state index contributed by atoms with van der Waals surface area (Å²) in [5.74, 6) is 1.02. The minimum absolute atomic E-state index is 0.131. The number of rotatable bonds is 6. The van der Waals surface area contributed by atoms with Crippen LogP contribution in [0.25, 0.3) is 0 Å². The van der Waals surface area contributed by atoms with Crippen molar-refractivity contribution in [3.05, 3.63) is 59.2 Å². The molecule has 0 aliphatic rings. The first-order valence-corrected chi connectivity index (χ1v) is 7.14. The van der Waals surface area contributed by atoms with Crippen LogP contribution in [0.15, 0.2) is 47.6 Å². The summed E-state index contributed by atoms with van der Waals surface area (Å²) in [5.41, 5.74) is 2.45. The van der Waals surface area contributed by atoms with Crippen LogP contribution in [0.5, 0.6) is 11.5 Å². The van der Waals surface area contributed by atoms with Gasteiger partial charge in [0.25, 0.3) is 0 Å². The summed E-state index contributed by atoms with van der Waals surface area (Å²) < 4.78 is 10.7. The lowest BCUT2D eigenvalue weighted by molar-refractivity contribution is -0.139. The third-order valence-corrected chi connectivity index (χ3v) is 3.32. The van der Waals surface area contributed by atoms with Gasteiger partial charge in [0.05, 0.1) is 19.7 Å². The van der Waals surface area contributed by atoms with E-state index in [1.807, 2.05) is 49.4 Å². The van der Waals surface area contributed by atoms with E-state index in [-0.39, 0.29) is 12.4 Å². The maximum Gasteiger partial charge on any atom is 0.310 e. The van der Waals surface area contributed by atoms with E-state index >= 15 is 0 Å². The predicted octanol–water partition coefficient (Wildman–Crippen LogP) is 3.48. The van der Waals surface area contributed by atoms with Crippen molar-refractivity contribution in [2.75, 3.05) is 14.2 Å². The highest BCUT2D eigenvalue weighted by molar-refractivity contribution is 5.88. The van der Waals surface area contributed by atoms with Gasteiger partial charge in [-0.1, -0.05) is 35.5 Å². The van der Waals surface area contributed by atoms with Crippen LogP contribution in [-0.4, -0.2) is 26.4 Å². The molecule has 0 aliphatic carbocycles. The Labute approximate surface area is 135 Å². The average Bonchev–Trinajstić information content (AvgIpc) is 2.56. The van der Waals surface area contributed by atoms with Crippen molar-refractivity contribution in [3.8, 4) is 11.5 Å². The Kier molecular flexibility index (Phi) is 5.74. The highest BCUT2D eigenvalue weighted by atomic mass is 16.6. The number of nitrogens with zero attached hydrogens (tertiary/aromatic N) is 1. The lowest BCUT2D eigenvalue weighted by Crippen LogP contribution is -2.07. The molecule has 0 bridgehead atoms. The first-order chi connectivity index (χ1) is 11.2. The third kappa shape index (κ3) is 4.32. The number of para-hydroxylation sites is 1. The van der Waals surface area contributed by atoms with Gasteiger partial charge in [-0.15, -0.1) is 0 Å². The van der Waals surface area contributed by atoms with E-state index in [0.29, 0.717) is 11.3 Å². The number of hydrogen-bond donors (Lipinski definition) is 0. The Bertz CT molecular complexity index is 710. The highest BCUT2D eigenvalue weighted by Gasteiger charge is 2.13. The lowest BCUT2D eigenvalue weighted by atomic mass is 10.0. The predicted molar refractivity (Wildman–Crippen MR) is 88.0 cm³/mol. The molecule has 120 valence electrons. The van der Waals surface area contributed by atoms with Gasteiger partial charge in [0.15, 0.2) is 0 Å². The average molecular weight is 313 g/mol. The maximum absolute atomic E-state index is 11.6. The van der Waals surface area contributed by atoms with Crippen molar-refractivity contribution >= 4 is 12.2 Å². The second-order valence-electron chi connectivity index (χ2n) is 4.87. The molecule has 5 nitrogen and oxygen atoms in total. The molecule has 5 heteroatoms. The number of esters is 1. The van der Waals surface area contributed by atoms with E-state index in [0.717, 1.165) is 16.9 Å². The quantitative estimate of drug-likeness (QED) is 0.465. The first kappa shape index (κ1) is 16.5. The van der Waals surface area contributed by atoms with Gasteiger partial charge in [0.1, 0.15) is 18.6 Å². The van der Waals surface area contributed by atoms with Crippen molar-refractivity contribution in [1.29, 1.82) is 0 Å². The third-order valence-electron chi connectivity index (χ3n) is 3.32. The van der Waals surface area contributed by atoms with Crippen LogP contribution in [0, 0.1) is 6.92 Å². The largest absolute Gasteiger partial charge is 0.469 e. The van der Waals surface area contributed by atoms with Crippen LogP contribution in [0.2, 0.25) is 0 Å². The second-order valence-corrected chi connectivity index (χ2v) is 4.87. The van der Waals surface area contributed by atoms with Gasteiger partial charge in [0.2, 0.25) is 0 Å². The fourth-order valence-electron chi connectivity index (χ4n) is 2.10. The molecule has 0 fully saturated rings. The van der Waals surface area contributed by atoms with Gasteiger partial charge in [-0.2, -0.15) is 0 Å². The SMILES string of the molecule is CO/N=C/c1c(CC(=O)OC)cccc1Oc1ccccc1C. The normalized spacial score (nSPS) is 10.6. The van der Waals surface area contributed by atoms with Crippen molar-refractivity contribution in [2.45, 2.75) is 13.3 Å². The Morgan fingerprint density at radius 3 is 2.52 bits per heavy atom. The molecular formula is C18H19NO4. The van der Waals surface area contributed by atoms with Gasteiger partial charge in [0, 0.05) is 5.56 Å². The smallest absolute Gasteiger partial charge is 0.310 e. The van der Waals surface area contributed by atoms with Gasteiger partial charge < -0.3 is 14.3 Å². The Balaban J connectivity index is 2.41. The number of carbonyl (C=O) groups is 1. The number of carbonyl (C=O) groups excluding carboxylic acids is 1. The van der Waals surface area contributed by atoms with E-state index in [2.05, 4.69) is 5.16 Å². The zero-order valence-electron chi connectivity index (χ0n) is 13.4. The minimum atomic E-state index is -0.329. The number of methoxy groups -OCH3 is 1. The summed E-state index contributed by atoms with van der Waals surface area (Å²) >= 11 is 0. The van der Waals surface area contributed by atoms with Crippen LogP contribution < -0.4 is 4.74 Å². The van der Waals surface area contributed by atoms with E-state index < -0.39 is 0 Å². The molecule has 0 N–H and O–H groups in total. The molecule has 0 radical (unpaired) electrons. The Hall–Kier alpha value is -2.82. The molecule has 0 spiro atoms. The fourth-order valence-corrected chi connectivity index (χ4v) is 2.10. The summed E-state index contributed by atoms with van der Waals surface area (Å²) in [4.78, 5) is 16.4. The summed E-state index contributed by atoms with van der Waals surface area (Å²) in [6.07, 6.45) is 1.67. The number of ether oxygens (including phenoxy) is 2. The number of benzene rings is 2. The fraction of sp³-hybridized carbons (Fsp3) is 0.222. The summed E-state index contributed by atoms with van der Waals surface area (Å²) in [7, 11) is 2.82. The van der Waals surface area contributed by atoms with E-state index in [1.54, 1.807) is 0 Å². The molecule has 23 heavy (non-hydrogen) atoms. The number of oxime groups is 1. The molecule has 0 amide bonds. The topological polar surface area (TPSA) is 57.1 Å². The molecule has 2 aromatic rings. The highest BCUT2D eigenvalue weighted by Crippen LogP contribution is 2.29. The monoisotopic (exact) mass is 313 g/mol. The van der Waals surface area contributed by atoms with E-state index in [9.17, 15) is 4.79 Å². The number of hydrogen-bond acceptors (Lipinski definition) is 5. The summed E-state index contributed by atoms with van der Waals surface area (Å²) in [6.45, 7) is 1.97.